The molecule has 2 aliphatic rings. The zero-order valence-electron chi connectivity index (χ0n) is 16.9. The Kier molecular flexibility index (Phi) is 4.94. The van der Waals surface area contributed by atoms with Crippen LogP contribution in [0.1, 0.15) is 47.8 Å². The molecule has 1 amide bonds. The van der Waals surface area contributed by atoms with Crippen molar-refractivity contribution in [1.82, 2.24) is 15.3 Å². The molecule has 1 aliphatic heterocycles. The Hall–Kier alpha value is -3.22. The van der Waals surface area contributed by atoms with Crippen LogP contribution in [0.3, 0.4) is 0 Å². The third-order valence-electron chi connectivity index (χ3n) is 5.91. The van der Waals surface area contributed by atoms with Crippen LogP contribution in [0.2, 0.25) is 0 Å². The van der Waals surface area contributed by atoms with Gasteiger partial charge in [-0.05, 0) is 49.6 Å². The van der Waals surface area contributed by atoms with Crippen molar-refractivity contribution in [2.45, 2.75) is 37.6 Å². The number of carbonyl (C=O) groups is 1. The molecule has 2 atom stereocenters. The smallest absolute Gasteiger partial charge is 0.251 e. The maximum Gasteiger partial charge on any atom is 0.251 e. The molecule has 7 heteroatoms. The van der Waals surface area contributed by atoms with Gasteiger partial charge in [-0.1, -0.05) is 6.42 Å². The second kappa shape index (κ2) is 7.89. The van der Waals surface area contributed by atoms with Crippen LogP contribution in [0.5, 0.6) is 17.2 Å². The molecule has 2 unspecified atom stereocenters. The van der Waals surface area contributed by atoms with Crippen LogP contribution < -0.4 is 19.5 Å². The topological polar surface area (TPSA) is 85.5 Å². The number of carbonyl (C=O) groups excluding carboxylic acids is 1. The highest BCUT2D eigenvalue weighted by Crippen LogP contribution is 2.34. The van der Waals surface area contributed by atoms with E-state index < -0.39 is 0 Å². The second-order valence-electron chi connectivity index (χ2n) is 7.90. The summed E-state index contributed by atoms with van der Waals surface area (Å²) in [5.74, 6) is 3.34. The number of hydrogen-bond acceptors (Lipinski definition) is 5. The first-order chi connectivity index (χ1) is 14.7. The molecule has 0 bridgehead atoms. The number of nitrogens with zero attached hydrogens (tertiary/aromatic N) is 1. The molecule has 2 aromatic carbocycles. The predicted octanol–water partition coefficient (Wildman–Crippen LogP) is 3.80. The number of rotatable bonds is 4. The summed E-state index contributed by atoms with van der Waals surface area (Å²) >= 11 is 0. The molecular weight excluding hydrogens is 382 g/mol. The van der Waals surface area contributed by atoms with E-state index >= 15 is 0 Å². The maximum absolute atomic E-state index is 12.8. The molecule has 156 valence electrons. The van der Waals surface area contributed by atoms with Gasteiger partial charge in [0.05, 0.1) is 18.1 Å². The molecule has 2 N–H and O–H groups in total. The summed E-state index contributed by atoms with van der Waals surface area (Å²) in [4.78, 5) is 21.0. The Morgan fingerprint density at radius 1 is 1.13 bits per heavy atom. The lowest BCUT2D eigenvalue weighted by Gasteiger charge is -2.29. The molecule has 1 fully saturated rings. The van der Waals surface area contributed by atoms with Crippen molar-refractivity contribution in [1.29, 1.82) is 0 Å². The number of aromatic nitrogens is 2. The molecule has 7 nitrogen and oxygen atoms in total. The monoisotopic (exact) mass is 407 g/mol. The van der Waals surface area contributed by atoms with Crippen molar-refractivity contribution >= 4 is 16.9 Å². The average Bonchev–Trinajstić information content (AvgIpc) is 3.22. The Morgan fingerprint density at radius 2 is 2.00 bits per heavy atom. The summed E-state index contributed by atoms with van der Waals surface area (Å²) in [5.41, 5.74) is 2.51. The number of aromatic amines is 1. The summed E-state index contributed by atoms with van der Waals surface area (Å²) in [6.07, 6.45) is 3.96. The van der Waals surface area contributed by atoms with Crippen molar-refractivity contribution in [3.05, 3.63) is 47.8 Å². The standard InChI is InChI=1S/C23H25N3O4/c1-28-17-6-7-18-19(13-17)26-22(25-18)14-3-2-4-16(11-14)24-23(27)15-5-8-20-21(12-15)30-10-9-29-20/h5-8,12-14,16H,2-4,9-11H2,1H3,(H,24,27)(H,25,26). The van der Waals surface area contributed by atoms with Gasteiger partial charge in [-0.3, -0.25) is 4.79 Å². The first kappa shape index (κ1) is 18.8. The second-order valence-corrected chi connectivity index (χ2v) is 7.90. The Morgan fingerprint density at radius 3 is 2.87 bits per heavy atom. The number of hydrogen-bond donors (Lipinski definition) is 2. The van der Waals surface area contributed by atoms with Gasteiger partial charge in [-0.25, -0.2) is 4.98 Å². The zero-order chi connectivity index (χ0) is 20.5. The molecule has 1 saturated carbocycles. The first-order valence-electron chi connectivity index (χ1n) is 10.4. The van der Waals surface area contributed by atoms with Crippen LogP contribution in [0.4, 0.5) is 0 Å². The van der Waals surface area contributed by atoms with Gasteiger partial charge in [0, 0.05) is 23.6 Å². The lowest BCUT2D eigenvalue weighted by atomic mass is 9.85. The molecule has 5 rings (SSSR count). The normalized spacial score (nSPS) is 20.7. The Balaban J connectivity index is 1.28. The van der Waals surface area contributed by atoms with Crippen LogP contribution in [0, 0.1) is 0 Å². The van der Waals surface area contributed by atoms with Crippen LogP contribution >= 0.6 is 0 Å². The molecule has 30 heavy (non-hydrogen) atoms. The van der Waals surface area contributed by atoms with Crippen molar-refractivity contribution in [2.75, 3.05) is 20.3 Å². The van der Waals surface area contributed by atoms with Gasteiger partial charge in [-0.15, -0.1) is 0 Å². The highest BCUT2D eigenvalue weighted by molar-refractivity contribution is 5.95. The minimum absolute atomic E-state index is 0.0769. The number of benzene rings is 2. The van der Waals surface area contributed by atoms with Gasteiger partial charge in [0.15, 0.2) is 11.5 Å². The van der Waals surface area contributed by atoms with E-state index in [4.69, 9.17) is 19.2 Å². The molecule has 0 spiro atoms. The van der Waals surface area contributed by atoms with Crippen LogP contribution in [0.25, 0.3) is 11.0 Å². The first-order valence-corrected chi connectivity index (χ1v) is 10.4. The zero-order valence-corrected chi connectivity index (χ0v) is 16.9. The van der Waals surface area contributed by atoms with Crippen molar-refractivity contribution in [3.63, 3.8) is 0 Å². The summed E-state index contributed by atoms with van der Waals surface area (Å²) in [5, 5.41) is 3.20. The number of ether oxygens (including phenoxy) is 3. The van der Waals surface area contributed by atoms with E-state index in [9.17, 15) is 4.79 Å². The van der Waals surface area contributed by atoms with Crippen LogP contribution in [0.15, 0.2) is 36.4 Å². The van der Waals surface area contributed by atoms with E-state index in [1.165, 1.54) is 0 Å². The molecular formula is C23H25N3O4. The molecule has 0 saturated heterocycles. The summed E-state index contributed by atoms with van der Waals surface area (Å²) in [6, 6.07) is 11.3. The number of H-pyrrole nitrogens is 1. The third kappa shape index (κ3) is 3.67. The maximum atomic E-state index is 12.8. The molecule has 3 aromatic rings. The van der Waals surface area contributed by atoms with Crippen molar-refractivity contribution < 1.29 is 19.0 Å². The Bertz CT molecular complexity index is 1080. The van der Waals surface area contributed by atoms with Crippen LogP contribution in [-0.4, -0.2) is 42.2 Å². The van der Waals surface area contributed by atoms with Gasteiger partial charge in [-0.2, -0.15) is 0 Å². The number of fused-ring (bicyclic) bond motifs is 2. The van der Waals surface area contributed by atoms with Gasteiger partial charge in [0.2, 0.25) is 0 Å². The quantitative estimate of drug-likeness (QED) is 0.687. The van der Waals surface area contributed by atoms with Gasteiger partial charge in [0.25, 0.3) is 5.91 Å². The lowest BCUT2D eigenvalue weighted by Crippen LogP contribution is -2.38. The number of nitrogens with one attached hydrogen (secondary N) is 2. The van der Waals surface area contributed by atoms with Crippen molar-refractivity contribution in [2.24, 2.45) is 0 Å². The average molecular weight is 407 g/mol. The highest BCUT2D eigenvalue weighted by atomic mass is 16.6. The number of methoxy groups -OCH3 is 1. The molecule has 0 radical (unpaired) electrons. The number of amides is 1. The van der Waals surface area contributed by atoms with Gasteiger partial charge >= 0.3 is 0 Å². The van der Waals surface area contributed by atoms with E-state index in [0.29, 0.717) is 36.2 Å². The summed E-state index contributed by atoms with van der Waals surface area (Å²) in [6.45, 7) is 1.04. The van der Waals surface area contributed by atoms with Crippen LogP contribution in [-0.2, 0) is 0 Å². The number of imidazole rings is 1. The summed E-state index contributed by atoms with van der Waals surface area (Å²) < 4.78 is 16.4. The fraction of sp³-hybridized carbons (Fsp3) is 0.391. The van der Waals surface area contributed by atoms with E-state index in [1.54, 1.807) is 25.3 Å². The molecule has 2 heterocycles. The van der Waals surface area contributed by atoms with Gasteiger partial charge < -0.3 is 24.5 Å². The predicted molar refractivity (Wildman–Crippen MR) is 113 cm³/mol. The molecule has 1 aliphatic carbocycles. The Labute approximate surface area is 174 Å². The van der Waals surface area contributed by atoms with E-state index in [0.717, 1.165) is 48.3 Å². The fourth-order valence-electron chi connectivity index (χ4n) is 4.35. The largest absolute Gasteiger partial charge is 0.497 e. The van der Waals surface area contributed by atoms with Gasteiger partial charge in [0.1, 0.15) is 24.8 Å². The highest BCUT2D eigenvalue weighted by Gasteiger charge is 2.27. The minimum atomic E-state index is -0.0769. The minimum Gasteiger partial charge on any atom is -0.497 e. The van der Waals surface area contributed by atoms with E-state index in [1.807, 2.05) is 18.2 Å². The van der Waals surface area contributed by atoms with Crippen molar-refractivity contribution in [3.8, 4) is 17.2 Å². The lowest BCUT2D eigenvalue weighted by molar-refractivity contribution is 0.0923. The molecule has 1 aromatic heterocycles. The summed E-state index contributed by atoms with van der Waals surface area (Å²) in [7, 11) is 1.66. The van der Waals surface area contributed by atoms with E-state index in [2.05, 4.69) is 10.3 Å². The van der Waals surface area contributed by atoms with E-state index in [-0.39, 0.29) is 11.9 Å². The third-order valence-corrected chi connectivity index (χ3v) is 5.91. The fourth-order valence-corrected chi connectivity index (χ4v) is 4.35. The SMILES string of the molecule is COc1ccc2nc(C3CCCC(NC(=O)c4ccc5c(c4)OCCO5)C3)[nH]c2c1.